The summed E-state index contributed by atoms with van der Waals surface area (Å²) in [6.07, 6.45) is 17.5. The van der Waals surface area contributed by atoms with Crippen LogP contribution in [0.25, 0.3) is 0 Å². The van der Waals surface area contributed by atoms with Gasteiger partial charge in [-0.25, -0.2) is 0 Å². The van der Waals surface area contributed by atoms with Gasteiger partial charge in [-0.2, -0.15) is 0 Å². The van der Waals surface area contributed by atoms with E-state index in [0.29, 0.717) is 6.42 Å². The molecule has 2 N–H and O–H groups in total. The van der Waals surface area contributed by atoms with Gasteiger partial charge in [-0.05, 0) is 12.8 Å². The van der Waals surface area contributed by atoms with Crippen LogP contribution in [0.3, 0.4) is 0 Å². The summed E-state index contributed by atoms with van der Waals surface area (Å²) in [5, 5.41) is 18.2. The van der Waals surface area contributed by atoms with Crippen molar-refractivity contribution in [3.63, 3.8) is 0 Å². The van der Waals surface area contributed by atoms with Crippen molar-refractivity contribution in [1.82, 2.24) is 0 Å². The number of aliphatic hydroxyl groups is 1. The molecule has 3 heteroatoms. The molecule has 0 aromatic carbocycles. The topological polar surface area (TPSA) is 57.5 Å². The first-order chi connectivity index (χ1) is 10.2. The Morgan fingerprint density at radius 2 is 1.48 bits per heavy atom. The predicted molar refractivity (Wildman–Crippen MR) is 88.5 cm³/mol. The second-order valence-electron chi connectivity index (χ2n) is 5.90. The second kappa shape index (κ2) is 15.6. The van der Waals surface area contributed by atoms with E-state index in [-0.39, 0.29) is 6.42 Å². The molecule has 0 aliphatic carbocycles. The SMILES string of the molecule is CCCCCCCCCCCCC(O)C=CCCC(=O)O. The lowest BCUT2D eigenvalue weighted by Crippen LogP contribution is -2.01. The maximum Gasteiger partial charge on any atom is 0.303 e. The van der Waals surface area contributed by atoms with Crippen LogP contribution in [0.5, 0.6) is 0 Å². The van der Waals surface area contributed by atoms with E-state index in [9.17, 15) is 9.90 Å². The van der Waals surface area contributed by atoms with E-state index in [0.717, 1.165) is 12.8 Å². The van der Waals surface area contributed by atoms with E-state index in [2.05, 4.69) is 6.92 Å². The highest BCUT2D eigenvalue weighted by atomic mass is 16.4. The highest BCUT2D eigenvalue weighted by Gasteiger charge is 1.99. The van der Waals surface area contributed by atoms with E-state index in [1.165, 1.54) is 57.8 Å². The molecule has 0 aliphatic heterocycles. The van der Waals surface area contributed by atoms with Crippen LogP contribution in [-0.4, -0.2) is 22.3 Å². The molecule has 0 amide bonds. The Bertz CT molecular complexity index is 261. The number of allylic oxidation sites excluding steroid dienone is 1. The fourth-order valence-electron chi connectivity index (χ4n) is 2.40. The lowest BCUT2D eigenvalue weighted by molar-refractivity contribution is -0.136. The Morgan fingerprint density at radius 3 is 2.00 bits per heavy atom. The van der Waals surface area contributed by atoms with Crippen molar-refractivity contribution in [3.8, 4) is 0 Å². The molecular formula is C18H34O3. The van der Waals surface area contributed by atoms with Gasteiger partial charge < -0.3 is 10.2 Å². The van der Waals surface area contributed by atoms with Crippen molar-refractivity contribution in [3.05, 3.63) is 12.2 Å². The van der Waals surface area contributed by atoms with Crippen LogP contribution in [0.2, 0.25) is 0 Å². The minimum Gasteiger partial charge on any atom is -0.481 e. The highest BCUT2D eigenvalue weighted by molar-refractivity contribution is 5.66. The Morgan fingerprint density at radius 1 is 0.952 bits per heavy atom. The summed E-state index contributed by atoms with van der Waals surface area (Å²) in [6.45, 7) is 2.25. The Kier molecular flexibility index (Phi) is 14.9. The number of hydrogen-bond acceptors (Lipinski definition) is 2. The van der Waals surface area contributed by atoms with Crippen LogP contribution in [-0.2, 0) is 4.79 Å². The molecule has 1 unspecified atom stereocenters. The number of carboxylic acids is 1. The van der Waals surface area contributed by atoms with Gasteiger partial charge >= 0.3 is 5.97 Å². The first kappa shape index (κ1) is 20.2. The van der Waals surface area contributed by atoms with E-state index < -0.39 is 12.1 Å². The molecule has 0 radical (unpaired) electrons. The van der Waals surface area contributed by atoms with Gasteiger partial charge in [0.1, 0.15) is 0 Å². The van der Waals surface area contributed by atoms with Crippen molar-refractivity contribution >= 4 is 5.97 Å². The van der Waals surface area contributed by atoms with Crippen LogP contribution in [0.1, 0.15) is 90.4 Å². The zero-order chi connectivity index (χ0) is 15.8. The maximum atomic E-state index is 10.3. The third-order valence-electron chi connectivity index (χ3n) is 3.74. The van der Waals surface area contributed by atoms with Gasteiger partial charge in [0.15, 0.2) is 0 Å². The molecule has 1 atom stereocenters. The van der Waals surface area contributed by atoms with Crippen molar-refractivity contribution < 1.29 is 15.0 Å². The van der Waals surface area contributed by atoms with Crippen molar-refractivity contribution in [2.24, 2.45) is 0 Å². The van der Waals surface area contributed by atoms with E-state index in [4.69, 9.17) is 5.11 Å². The summed E-state index contributed by atoms with van der Waals surface area (Å²) in [4.78, 5) is 10.3. The van der Waals surface area contributed by atoms with Gasteiger partial charge in [-0.15, -0.1) is 0 Å². The molecule has 0 rings (SSSR count). The third-order valence-corrected chi connectivity index (χ3v) is 3.74. The van der Waals surface area contributed by atoms with E-state index in [1.54, 1.807) is 12.2 Å². The fourth-order valence-corrected chi connectivity index (χ4v) is 2.40. The summed E-state index contributed by atoms with van der Waals surface area (Å²) < 4.78 is 0. The van der Waals surface area contributed by atoms with Crippen molar-refractivity contribution in [2.45, 2.75) is 96.5 Å². The Hall–Kier alpha value is -0.830. The predicted octanol–water partition coefficient (Wildman–Crippen LogP) is 5.08. The third kappa shape index (κ3) is 17.1. The van der Waals surface area contributed by atoms with Gasteiger partial charge in [-0.3, -0.25) is 4.79 Å². The van der Waals surface area contributed by atoms with Crippen molar-refractivity contribution in [1.29, 1.82) is 0 Å². The zero-order valence-electron chi connectivity index (χ0n) is 13.7. The summed E-state index contributed by atoms with van der Waals surface area (Å²) >= 11 is 0. The smallest absolute Gasteiger partial charge is 0.303 e. The summed E-state index contributed by atoms with van der Waals surface area (Å²) in [5.74, 6) is -0.788. The largest absolute Gasteiger partial charge is 0.481 e. The molecule has 0 fully saturated rings. The molecule has 3 nitrogen and oxygen atoms in total. The number of rotatable bonds is 15. The van der Waals surface area contributed by atoms with Crippen molar-refractivity contribution in [2.75, 3.05) is 0 Å². The number of aliphatic hydroxyl groups excluding tert-OH is 1. The average Bonchev–Trinajstić information content (AvgIpc) is 2.45. The quantitative estimate of drug-likeness (QED) is 0.327. The summed E-state index contributed by atoms with van der Waals surface area (Å²) in [7, 11) is 0. The summed E-state index contributed by atoms with van der Waals surface area (Å²) in [6, 6.07) is 0. The molecule has 124 valence electrons. The summed E-state index contributed by atoms with van der Waals surface area (Å²) in [5.41, 5.74) is 0. The van der Waals surface area contributed by atoms with Gasteiger partial charge in [-0.1, -0.05) is 83.3 Å². The number of hydrogen-bond donors (Lipinski definition) is 2. The number of carbonyl (C=O) groups is 1. The minimum absolute atomic E-state index is 0.140. The molecule has 0 aromatic rings. The van der Waals surface area contributed by atoms with Crippen LogP contribution in [0.15, 0.2) is 12.2 Å². The molecule has 0 aromatic heterocycles. The van der Waals surface area contributed by atoms with Crippen LogP contribution >= 0.6 is 0 Å². The van der Waals surface area contributed by atoms with Crippen LogP contribution < -0.4 is 0 Å². The van der Waals surface area contributed by atoms with Crippen LogP contribution in [0, 0.1) is 0 Å². The van der Waals surface area contributed by atoms with Gasteiger partial charge in [0.05, 0.1) is 6.10 Å². The zero-order valence-corrected chi connectivity index (χ0v) is 13.7. The molecule has 0 saturated heterocycles. The molecule has 0 heterocycles. The second-order valence-corrected chi connectivity index (χ2v) is 5.90. The van der Waals surface area contributed by atoms with Gasteiger partial charge in [0.2, 0.25) is 0 Å². The highest BCUT2D eigenvalue weighted by Crippen LogP contribution is 2.12. The molecule has 0 aliphatic rings. The molecule has 0 saturated carbocycles. The lowest BCUT2D eigenvalue weighted by Gasteiger charge is -2.05. The fraction of sp³-hybridized carbons (Fsp3) is 0.833. The Labute approximate surface area is 130 Å². The molecular weight excluding hydrogens is 264 g/mol. The van der Waals surface area contributed by atoms with E-state index >= 15 is 0 Å². The molecule has 0 bridgehead atoms. The minimum atomic E-state index is -0.788. The Balaban J connectivity index is 3.24. The average molecular weight is 298 g/mol. The number of carboxylic acid groups (broad SMARTS) is 1. The van der Waals surface area contributed by atoms with Gasteiger partial charge in [0, 0.05) is 6.42 Å². The normalized spacial score (nSPS) is 12.9. The maximum absolute atomic E-state index is 10.3. The standard InChI is InChI=1S/C18H34O3/c1-2-3-4-5-6-7-8-9-10-11-14-17(19)15-12-13-16-18(20)21/h12,15,17,19H,2-11,13-14,16H2,1H3,(H,20,21). The first-order valence-corrected chi connectivity index (χ1v) is 8.73. The first-order valence-electron chi connectivity index (χ1n) is 8.73. The molecule has 21 heavy (non-hydrogen) atoms. The number of unbranched alkanes of at least 4 members (excludes halogenated alkanes) is 9. The molecule has 0 spiro atoms. The number of aliphatic carboxylic acids is 1. The van der Waals surface area contributed by atoms with Gasteiger partial charge in [0.25, 0.3) is 0 Å². The van der Waals surface area contributed by atoms with Crippen LogP contribution in [0.4, 0.5) is 0 Å². The van der Waals surface area contributed by atoms with E-state index in [1.807, 2.05) is 0 Å². The monoisotopic (exact) mass is 298 g/mol. The lowest BCUT2D eigenvalue weighted by atomic mass is 10.0.